The molecule has 0 bridgehead atoms. The van der Waals surface area contributed by atoms with Crippen LogP contribution < -0.4 is 0 Å². The number of nitrogens with zero attached hydrogens (tertiary/aromatic N) is 2. The molecular formula is C20H17BrN2O2. The van der Waals surface area contributed by atoms with Crippen LogP contribution >= 0.6 is 15.9 Å². The number of hydrogen-bond acceptors (Lipinski definition) is 2. The maximum Gasteiger partial charge on any atom is 0.337 e. The Labute approximate surface area is 154 Å². The number of hydrogen-bond donors (Lipinski definition) is 1. The molecule has 5 heteroatoms. The number of rotatable bonds is 4. The highest BCUT2D eigenvalue weighted by Gasteiger charge is 2.15. The zero-order chi connectivity index (χ0) is 18.0. The third-order valence-corrected chi connectivity index (χ3v) is 4.55. The van der Waals surface area contributed by atoms with Gasteiger partial charge in [0.2, 0.25) is 0 Å². The van der Waals surface area contributed by atoms with E-state index in [1.54, 1.807) is 12.1 Å². The van der Waals surface area contributed by atoms with Crippen molar-refractivity contribution < 1.29 is 9.90 Å². The molecule has 0 aliphatic rings. The molecule has 0 atom stereocenters. The van der Waals surface area contributed by atoms with Crippen molar-refractivity contribution >= 4 is 33.8 Å². The molecule has 0 saturated heterocycles. The van der Waals surface area contributed by atoms with E-state index in [4.69, 9.17) is 0 Å². The quantitative estimate of drug-likeness (QED) is 0.607. The number of carboxylic acid groups (broad SMARTS) is 1. The van der Waals surface area contributed by atoms with Crippen molar-refractivity contribution in [1.29, 1.82) is 0 Å². The van der Waals surface area contributed by atoms with Gasteiger partial charge in [-0.3, -0.25) is 4.99 Å². The summed E-state index contributed by atoms with van der Waals surface area (Å²) in [6.45, 7) is 3.93. The van der Waals surface area contributed by atoms with Crippen molar-refractivity contribution in [3.8, 4) is 5.69 Å². The van der Waals surface area contributed by atoms with Gasteiger partial charge in [0.1, 0.15) is 0 Å². The van der Waals surface area contributed by atoms with Crippen molar-refractivity contribution in [3.05, 3.63) is 81.6 Å². The summed E-state index contributed by atoms with van der Waals surface area (Å²) in [5, 5.41) is 9.45. The highest BCUT2D eigenvalue weighted by Crippen LogP contribution is 2.24. The Morgan fingerprint density at radius 1 is 1.12 bits per heavy atom. The molecule has 4 nitrogen and oxygen atoms in total. The monoisotopic (exact) mass is 396 g/mol. The number of halogens is 1. The van der Waals surface area contributed by atoms with Crippen LogP contribution in [0.4, 0.5) is 5.69 Å². The van der Waals surface area contributed by atoms with E-state index in [0.717, 1.165) is 27.1 Å². The summed E-state index contributed by atoms with van der Waals surface area (Å²) in [7, 11) is 0. The lowest BCUT2D eigenvalue weighted by molar-refractivity contribution is 0.0697. The van der Waals surface area contributed by atoms with Gasteiger partial charge in [-0.15, -0.1) is 0 Å². The third-order valence-electron chi connectivity index (χ3n) is 4.02. The van der Waals surface area contributed by atoms with Crippen LogP contribution in [0.25, 0.3) is 5.69 Å². The molecule has 1 aromatic heterocycles. The fourth-order valence-electron chi connectivity index (χ4n) is 2.81. The summed E-state index contributed by atoms with van der Waals surface area (Å²) in [6.07, 6.45) is 1.81. The lowest BCUT2D eigenvalue weighted by Gasteiger charge is -2.12. The number of para-hydroxylation sites is 1. The molecule has 0 spiro atoms. The molecule has 126 valence electrons. The zero-order valence-corrected chi connectivity index (χ0v) is 15.5. The molecule has 3 aromatic rings. The number of carbonyl (C=O) groups is 1. The molecule has 0 saturated carbocycles. The number of aliphatic imine (C=N–C) groups is 1. The normalized spacial score (nSPS) is 11.2. The van der Waals surface area contributed by atoms with Crippen molar-refractivity contribution in [2.75, 3.05) is 0 Å². The van der Waals surface area contributed by atoms with Crippen molar-refractivity contribution in [3.63, 3.8) is 0 Å². The summed E-state index contributed by atoms with van der Waals surface area (Å²) in [5.74, 6) is -0.937. The largest absolute Gasteiger partial charge is 0.478 e. The maximum atomic E-state index is 11.5. The Balaban J connectivity index is 2.02. The van der Waals surface area contributed by atoms with Crippen LogP contribution in [-0.4, -0.2) is 21.9 Å². The molecule has 0 radical (unpaired) electrons. The molecule has 2 aromatic carbocycles. The summed E-state index contributed by atoms with van der Waals surface area (Å²) >= 11 is 3.41. The molecular weight excluding hydrogens is 380 g/mol. The molecule has 0 unspecified atom stereocenters. The van der Waals surface area contributed by atoms with Crippen LogP contribution in [0.3, 0.4) is 0 Å². The first kappa shape index (κ1) is 17.2. The molecule has 3 rings (SSSR count). The van der Waals surface area contributed by atoms with Crippen molar-refractivity contribution in [1.82, 2.24) is 4.57 Å². The minimum absolute atomic E-state index is 0.278. The number of benzene rings is 2. The summed E-state index contributed by atoms with van der Waals surface area (Å²) in [5.41, 5.74) is 4.67. The van der Waals surface area contributed by atoms with Gasteiger partial charge in [-0.25, -0.2) is 4.79 Å². The molecule has 0 aliphatic carbocycles. The Bertz CT molecular complexity index is 956. The first-order chi connectivity index (χ1) is 12.0. The van der Waals surface area contributed by atoms with E-state index in [2.05, 4.69) is 20.9 Å². The number of aromatic nitrogens is 1. The molecule has 1 heterocycles. The maximum absolute atomic E-state index is 11.5. The van der Waals surface area contributed by atoms with Gasteiger partial charge in [-0.05, 0) is 56.3 Å². The highest BCUT2D eigenvalue weighted by molar-refractivity contribution is 9.10. The molecule has 0 fully saturated rings. The number of aryl methyl sites for hydroxylation is 1. The van der Waals surface area contributed by atoms with E-state index in [-0.39, 0.29) is 5.56 Å². The van der Waals surface area contributed by atoms with Crippen LogP contribution in [0.15, 0.2) is 64.1 Å². The predicted octanol–water partition coefficient (Wildman–Crippen LogP) is 5.31. The van der Waals surface area contributed by atoms with E-state index in [9.17, 15) is 9.90 Å². The number of aromatic carboxylic acids is 1. The van der Waals surface area contributed by atoms with Crippen LogP contribution in [0, 0.1) is 13.8 Å². The zero-order valence-electron chi connectivity index (χ0n) is 13.9. The van der Waals surface area contributed by atoms with Crippen LogP contribution in [0.5, 0.6) is 0 Å². The van der Waals surface area contributed by atoms with Gasteiger partial charge in [0, 0.05) is 27.6 Å². The van der Waals surface area contributed by atoms with E-state index < -0.39 is 5.97 Å². The summed E-state index contributed by atoms with van der Waals surface area (Å²) in [4.78, 5) is 16.0. The van der Waals surface area contributed by atoms with Gasteiger partial charge >= 0.3 is 5.97 Å². The fraction of sp³-hybridized carbons (Fsp3) is 0.100. The second-order valence-corrected chi connectivity index (χ2v) is 6.63. The molecule has 1 N–H and O–H groups in total. The van der Waals surface area contributed by atoms with E-state index in [1.807, 2.05) is 67.1 Å². The van der Waals surface area contributed by atoms with Gasteiger partial charge in [-0.2, -0.15) is 0 Å². The Morgan fingerprint density at radius 3 is 2.48 bits per heavy atom. The van der Waals surface area contributed by atoms with Gasteiger partial charge in [0.25, 0.3) is 0 Å². The summed E-state index contributed by atoms with van der Waals surface area (Å²) in [6, 6.07) is 16.8. The minimum atomic E-state index is -0.937. The van der Waals surface area contributed by atoms with Crippen molar-refractivity contribution in [2.24, 2.45) is 4.99 Å². The Kier molecular flexibility index (Phi) is 4.86. The van der Waals surface area contributed by atoms with Crippen LogP contribution in [-0.2, 0) is 0 Å². The summed E-state index contributed by atoms with van der Waals surface area (Å²) < 4.78 is 2.96. The third kappa shape index (κ3) is 3.56. The number of carboxylic acids is 1. The Morgan fingerprint density at radius 2 is 1.80 bits per heavy atom. The van der Waals surface area contributed by atoms with E-state index >= 15 is 0 Å². The van der Waals surface area contributed by atoms with Crippen LogP contribution in [0.1, 0.15) is 27.3 Å². The standard InChI is InChI=1S/C20H17BrN2O2/c1-13-11-15(12-22-17-9-7-16(21)8-10-17)14(2)23(13)19-6-4-3-5-18(19)20(24)25/h3-12H,1-2H3,(H,24,25). The second kappa shape index (κ2) is 7.07. The first-order valence-corrected chi connectivity index (χ1v) is 8.58. The molecule has 25 heavy (non-hydrogen) atoms. The van der Waals surface area contributed by atoms with E-state index in [0.29, 0.717) is 5.69 Å². The lowest BCUT2D eigenvalue weighted by Crippen LogP contribution is -2.07. The van der Waals surface area contributed by atoms with Gasteiger partial charge in [0.15, 0.2) is 0 Å². The first-order valence-electron chi connectivity index (χ1n) is 7.78. The average molecular weight is 397 g/mol. The second-order valence-electron chi connectivity index (χ2n) is 5.72. The fourth-order valence-corrected chi connectivity index (χ4v) is 3.07. The lowest BCUT2D eigenvalue weighted by atomic mass is 10.1. The molecule has 0 amide bonds. The van der Waals surface area contributed by atoms with Gasteiger partial charge < -0.3 is 9.67 Å². The molecule has 0 aliphatic heterocycles. The SMILES string of the molecule is Cc1cc(C=Nc2ccc(Br)cc2)c(C)n1-c1ccccc1C(=O)O. The van der Waals surface area contributed by atoms with Gasteiger partial charge in [0.05, 0.1) is 16.9 Å². The van der Waals surface area contributed by atoms with Gasteiger partial charge in [-0.1, -0.05) is 28.1 Å². The highest BCUT2D eigenvalue weighted by atomic mass is 79.9. The smallest absolute Gasteiger partial charge is 0.337 e. The van der Waals surface area contributed by atoms with Crippen LogP contribution in [0.2, 0.25) is 0 Å². The average Bonchev–Trinajstić information content (AvgIpc) is 2.88. The Hall–Kier alpha value is -2.66. The van der Waals surface area contributed by atoms with Crippen molar-refractivity contribution in [2.45, 2.75) is 13.8 Å². The van der Waals surface area contributed by atoms with E-state index in [1.165, 1.54) is 0 Å². The topological polar surface area (TPSA) is 54.6 Å². The predicted molar refractivity (Wildman–Crippen MR) is 104 cm³/mol. The minimum Gasteiger partial charge on any atom is -0.478 e.